The summed E-state index contributed by atoms with van der Waals surface area (Å²) < 4.78 is 13.6. The monoisotopic (exact) mass is 224 g/mol. The van der Waals surface area contributed by atoms with Crippen molar-refractivity contribution in [2.45, 2.75) is 33.7 Å². The van der Waals surface area contributed by atoms with E-state index in [0.29, 0.717) is 18.2 Å². The Balaban J connectivity index is 2.66. The van der Waals surface area contributed by atoms with Crippen molar-refractivity contribution in [1.82, 2.24) is 9.88 Å². The molecule has 0 amide bonds. The summed E-state index contributed by atoms with van der Waals surface area (Å²) in [6.07, 6.45) is 2.59. The first-order valence-electron chi connectivity index (χ1n) is 5.84. The van der Waals surface area contributed by atoms with E-state index in [1.165, 1.54) is 0 Å². The fourth-order valence-electron chi connectivity index (χ4n) is 1.76. The minimum atomic E-state index is -0.185. The molecule has 0 unspecified atom stereocenters. The van der Waals surface area contributed by atoms with Crippen molar-refractivity contribution in [3.63, 3.8) is 0 Å². The second-order valence-corrected chi connectivity index (χ2v) is 4.72. The zero-order chi connectivity index (χ0) is 12.1. The highest BCUT2D eigenvalue weighted by atomic mass is 19.1. The first-order valence-corrected chi connectivity index (χ1v) is 5.84. The number of aromatic nitrogens is 1. The maximum atomic E-state index is 13.6. The summed E-state index contributed by atoms with van der Waals surface area (Å²) in [6.45, 7) is 7.84. The molecule has 0 saturated heterocycles. The van der Waals surface area contributed by atoms with Crippen molar-refractivity contribution in [1.29, 1.82) is 0 Å². The summed E-state index contributed by atoms with van der Waals surface area (Å²) in [5, 5.41) is 0. The van der Waals surface area contributed by atoms with Crippen LogP contribution in [-0.4, -0.2) is 23.5 Å². The molecule has 16 heavy (non-hydrogen) atoms. The van der Waals surface area contributed by atoms with Crippen LogP contribution in [0.15, 0.2) is 12.3 Å². The Hall–Kier alpha value is -0.960. The molecule has 0 saturated carbocycles. The topological polar surface area (TPSA) is 16.1 Å². The molecule has 1 aromatic heterocycles. The van der Waals surface area contributed by atoms with E-state index in [1.807, 2.05) is 14.0 Å². The van der Waals surface area contributed by atoms with Crippen LogP contribution < -0.4 is 0 Å². The lowest BCUT2D eigenvalue weighted by molar-refractivity contribution is 0.280. The number of hydrogen-bond acceptors (Lipinski definition) is 2. The molecular weight excluding hydrogens is 203 g/mol. The van der Waals surface area contributed by atoms with Crippen molar-refractivity contribution in [3.8, 4) is 0 Å². The number of pyridine rings is 1. The Morgan fingerprint density at radius 2 is 2.12 bits per heavy atom. The minimum Gasteiger partial charge on any atom is -0.300 e. The van der Waals surface area contributed by atoms with Gasteiger partial charge in [-0.25, -0.2) is 4.39 Å². The SMILES string of the molecule is CCc1cnc(CN(C)CC(C)C)c(F)c1. The van der Waals surface area contributed by atoms with Crippen molar-refractivity contribution in [2.75, 3.05) is 13.6 Å². The van der Waals surface area contributed by atoms with E-state index in [-0.39, 0.29) is 5.82 Å². The molecule has 0 atom stereocenters. The van der Waals surface area contributed by atoms with Crippen LogP contribution in [-0.2, 0) is 13.0 Å². The van der Waals surface area contributed by atoms with E-state index < -0.39 is 0 Å². The zero-order valence-corrected chi connectivity index (χ0v) is 10.6. The summed E-state index contributed by atoms with van der Waals surface area (Å²) in [4.78, 5) is 6.28. The number of nitrogens with zero attached hydrogens (tertiary/aromatic N) is 2. The Morgan fingerprint density at radius 1 is 1.44 bits per heavy atom. The summed E-state index contributed by atoms with van der Waals surface area (Å²) in [5.74, 6) is 0.401. The Bertz CT molecular complexity index is 337. The van der Waals surface area contributed by atoms with Gasteiger partial charge in [-0.1, -0.05) is 20.8 Å². The van der Waals surface area contributed by atoms with Gasteiger partial charge < -0.3 is 4.90 Å². The minimum absolute atomic E-state index is 0.185. The van der Waals surface area contributed by atoms with Crippen molar-refractivity contribution >= 4 is 0 Å². The third-order valence-corrected chi connectivity index (χ3v) is 2.48. The van der Waals surface area contributed by atoms with Gasteiger partial charge in [-0.15, -0.1) is 0 Å². The normalized spacial score (nSPS) is 11.4. The predicted octanol–water partition coefficient (Wildman–Crippen LogP) is 2.87. The van der Waals surface area contributed by atoms with E-state index in [4.69, 9.17) is 0 Å². The predicted molar refractivity (Wildman–Crippen MR) is 64.7 cm³/mol. The Kier molecular flexibility index (Phi) is 4.87. The molecule has 0 spiro atoms. The molecular formula is C13H21FN2. The van der Waals surface area contributed by atoms with Crippen LogP contribution in [0.5, 0.6) is 0 Å². The molecule has 0 bridgehead atoms. The van der Waals surface area contributed by atoms with Gasteiger partial charge in [0.05, 0.1) is 5.69 Å². The second-order valence-electron chi connectivity index (χ2n) is 4.72. The fraction of sp³-hybridized carbons (Fsp3) is 0.615. The quantitative estimate of drug-likeness (QED) is 0.764. The molecule has 90 valence electrons. The zero-order valence-electron chi connectivity index (χ0n) is 10.6. The van der Waals surface area contributed by atoms with Gasteiger partial charge in [0.2, 0.25) is 0 Å². The first-order chi connectivity index (χ1) is 7.52. The Morgan fingerprint density at radius 3 is 2.62 bits per heavy atom. The fourth-order valence-corrected chi connectivity index (χ4v) is 1.76. The number of halogens is 1. The third kappa shape index (κ3) is 3.89. The molecule has 2 nitrogen and oxygen atoms in total. The van der Waals surface area contributed by atoms with Gasteiger partial charge in [0.25, 0.3) is 0 Å². The van der Waals surface area contributed by atoms with Crippen LogP contribution in [0, 0.1) is 11.7 Å². The maximum Gasteiger partial charge on any atom is 0.146 e. The average Bonchev–Trinajstić information content (AvgIpc) is 2.19. The lowest BCUT2D eigenvalue weighted by Crippen LogP contribution is -2.23. The van der Waals surface area contributed by atoms with Crippen LogP contribution >= 0.6 is 0 Å². The van der Waals surface area contributed by atoms with Crippen LogP contribution in [0.3, 0.4) is 0 Å². The van der Waals surface area contributed by atoms with Gasteiger partial charge in [-0.3, -0.25) is 4.98 Å². The van der Waals surface area contributed by atoms with Crippen LogP contribution in [0.25, 0.3) is 0 Å². The highest BCUT2D eigenvalue weighted by Gasteiger charge is 2.08. The first kappa shape index (κ1) is 13.1. The number of hydrogen-bond donors (Lipinski definition) is 0. The smallest absolute Gasteiger partial charge is 0.146 e. The van der Waals surface area contributed by atoms with Gasteiger partial charge in [-0.2, -0.15) is 0 Å². The highest BCUT2D eigenvalue weighted by molar-refractivity contribution is 5.16. The van der Waals surface area contributed by atoms with E-state index in [0.717, 1.165) is 18.5 Å². The third-order valence-electron chi connectivity index (χ3n) is 2.48. The number of aryl methyl sites for hydroxylation is 1. The molecule has 1 aromatic rings. The second kappa shape index (κ2) is 5.94. The summed E-state index contributed by atoms with van der Waals surface area (Å²) in [7, 11) is 1.99. The summed E-state index contributed by atoms with van der Waals surface area (Å²) in [6, 6.07) is 1.59. The van der Waals surface area contributed by atoms with Gasteiger partial charge in [-0.05, 0) is 31.0 Å². The largest absolute Gasteiger partial charge is 0.300 e. The molecule has 0 aliphatic carbocycles. The summed E-state index contributed by atoms with van der Waals surface area (Å²) in [5.41, 5.74) is 1.49. The molecule has 3 heteroatoms. The van der Waals surface area contributed by atoms with Crippen molar-refractivity contribution < 1.29 is 4.39 Å². The standard InChI is InChI=1S/C13H21FN2/c1-5-11-6-12(14)13(15-7-11)9-16(4)8-10(2)3/h6-7,10H,5,8-9H2,1-4H3. The van der Waals surface area contributed by atoms with E-state index in [2.05, 4.69) is 23.7 Å². The molecule has 0 radical (unpaired) electrons. The molecule has 0 fully saturated rings. The molecule has 0 aromatic carbocycles. The van der Waals surface area contributed by atoms with Crippen LogP contribution in [0.1, 0.15) is 32.0 Å². The molecule has 0 aliphatic rings. The average molecular weight is 224 g/mol. The van der Waals surface area contributed by atoms with E-state index in [1.54, 1.807) is 12.3 Å². The van der Waals surface area contributed by atoms with E-state index in [9.17, 15) is 4.39 Å². The van der Waals surface area contributed by atoms with Crippen molar-refractivity contribution in [2.24, 2.45) is 5.92 Å². The van der Waals surface area contributed by atoms with Gasteiger partial charge in [0, 0.05) is 19.3 Å². The molecule has 0 N–H and O–H groups in total. The lowest BCUT2D eigenvalue weighted by atomic mass is 10.2. The molecule has 1 heterocycles. The van der Waals surface area contributed by atoms with Crippen LogP contribution in [0.4, 0.5) is 4.39 Å². The van der Waals surface area contributed by atoms with E-state index >= 15 is 0 Å². The highest BCUT2D eigenvalue weighted by Crippen LogP contribution is 2.10. The van der Waals surface area contributed by atoms with Crippen LogP contribution in [0.2, 0.25) is 0 Å². The summed E-state index contributed by atoms with van der Waals surface area (Å²) >= 11 is 0. The molecule has 0 aliphatic heterocycles. The number of rotatable bonds is 5. The van der Waals surface area contributed by atoms with Gasteiger partial charge in [0.15, 0.2) is 0 Å². The lowest BCUT2D eigenvalue weighted by Gasteiger charge is -2.18. The van der Waals surface area contributed by atoms with Gasteiger partial charge >= 0.3 is 0 Å². The Labute approximate surface area is 97.5 Å². The maximum absolute atomic E-state index is 13.6. The van der Waals surface area contributed by atoms with Gasteiger partial charge in [0.1, 0.15) is 5.82 Å². The van der Waals surface area contributed by atoms with Crippen molar-refractivity contribution in [3.05, 3.63) is 29.3 Å². The molecule has 1 rings (SSSR count).